The van der Waals surface area contributed by atoms with Crippen LogP contribution in [0.2, 0.25) is 0 Å². The lowest BCUT2D eigenvalue weighted by atomic mass is 9.77. The van der Waals surface area contributed by atoms with Gasteiger partial charge in [-0.15, -0.1) is 6.58 Å². The van der Waals surface area contributed by atoms with E-state index in [-0.39, 0.29) is 6.04 Å². The predicted octanol–water partition coefficient (Wildman–Crippen LogP) is 5.06. The molecule has 0 aliphatic carbocycles. The second kappa shape index (κ2) is 8.34. The molecular weight excluding hydrogens is 330 g/mol. The van der Waals surface area contributed by atoms with Crippen LogP contribution in [0.25, 0.3) is 0 Å². The van der Waals surface area contributed by atoms with Gasteiger partial charge in [0.2, 0.25) is 0 Å². The molecule has 0 unspecified atom stereocenters. The van der Waals surface area contributed by atoms with E-state index in [1.54, 1.807) is 0 Å². The van der Waals surface area contributed by atoms with Gasteiger partial charge in [0.15, 0.2) is 0 Å². The molecule has 138 valence electrons. The molecular formula is C25H27NO. The number of rotatable bonds is 7. The van der Waals surface area contributed by atoms with Crippen LogP contribution in [0, 0.1) is 13.8 Å². The van der Waals surface area contributed by atoms with Crippen LogP contribution in [0.5, 0.6) is 0 Å². The fourth-order valence-electron chi connectivity index (χ4n) is 3.77. The quantitative estimate of drug-likeness (QED) is 0.580. The van der Waals surface area contributed by atoms with Crippen LogP contribution in [0.4, 0.5) is 0 Å². The van der Waals surface area contributed by atoms with E-state index in [9.17, 15) is 5.11 Å². The van der Waals surface area contributed by atoms with Crippen molar-refractivity contribution in [3.8, 4) is 0 Å². The van der Waals surface area contributed by atoms with E-state index < -0.39 is 5.60 Å². The highest BCUT2D eigenvalue weighted by molar-refractivity contribution is 5.43. The summed E-state index contributed by atoms with van der Waals surface area (Å²) in [5, 5.41) is 15.7. The first-order valence-corrected chi connectivity index (χ1v) is 9.31. The van der Waals surface area contributed by atoms with Crippen LogP contribution in [0.15, 0.2) is 91.5 Å². The number of aliphatic hydroxyl groups is 1. The van der Waals surface area contributed by atoms with Crippen molar-refractivity contribution in [2.45, 2.75) is 25.5 Å². The molecule has 3 aromatic rings. The predicted molar refractivity (Wildman–Crippen MR) is 113 cm³/mol. The topological polar surface area (TPSA) is 32.3 Å². The van der Waals surface area contributed by atoms with Gasteiger partial charge in [0.25, 0.3) is 0 Å². The van der Waals surface area contributed by atoms with Crippen molar-refractivity contribution in [2.75, 3.05) is 6.54 Å². The van der Waals surface area contributed by atoms with Crippen LogP contribution in [-0.2, 0) is 5.60 Å². The third-order valence-corrected chi connectivity index (χ3v) is 4.89. The Kier molecular flexibility index (Phi) is 5.90. The molecule has 0 radical (unpaired) electrons. The van der Waals surface area contributed by atoms with E-state index in [0.717, 1.165) is 16.7 Å². The van der Waals surface area contributed by atoms with Gasteiger partial charge in [0.1, 0.15) is 5.60 Å². The molecule has 3 aromatic carbocycles. The summed E-state index contributed by atoms with van der Waals surface area (Å²) in [5.41, 5.74) is 3.92. The van der Waals surface area contributed by atoms with Gasteiger partial charge in [-0.25, -0.2) is 0 Å². The van der Waals surface area contributed by atoms with Crippen LogP contribution in [0.1, 0.15) is 33.9 Å². The van der Waals surface area contributed by atoms with Crippen molar-refractivity contribution in [3.63, 3.8) is 0 Å². The van der Waals surface area contributed by atoms with Gasteiger partial charge in [0, 0.05) is 6.54 Å². The lowest BCUT2D eigenvalue weighted by Gasteiger charge is -2.38. The van der Waals surface area contributed by atoms with Crippen LogP contribution >= 0.6 is 0 Å². The Hall–Kier alpha value is -2.68. The minimum atomic E-state index is -1.22. The minimum absolute atomic E-state index is 0.320. The Labute approximate surface area is 162 Å². The zero-order valence-corrected chi connectivity index (χ0v) is 16.0. The monoisotopic (exact) mass is 357 g/mol. The van der Waals surface area contributed by atoms with E-state index in [0.29, 0.717) is 6.54 Å². The molecule has 3 rings (SSSR count). The van der Waals surface area contributed by atoms with Crippen molar-refractivity contribution < 1.29 is 5.11 Å². The van der Waals surface area contributed by atoms with Gasteiger partial charge in [-0.3, -0.25) is 0 Å². The van der Waals surface area contributed by atoms with Gasteiger partial charge < -0.3 is 10.4 Å². The van der Waals surface area contributed by atoms with E-state index in [2.05, 4.69) is 43.9 Å². The largest absolute Gasteiger partial charge is 0.378 e. The zero-order chi connectivity index (χ0) is 19.3. The van der Waals surface area contributed by atoms with E-state index >= 15 is 0 Å². The van der Waals surface area contributed by atoms with Gasteiger partial charge >= 0.3 is 0 Å². The standard InChI is InChI=1S/C25H27NO/c1-4-15-26-24(21-17-19(2)16-20(3)18-21)25(27,22-11-7-5-8-12-22)23-13-9-6-10-14-23/h4-14,16-18,24,26-27H,1,15H2,2-3H3/t24-/m1/s1. The fourth-order valence-corrected chi connectivity index (χ4v) is 3.77. The molecule has 1 atom stereocenters. The lowest BCUT2D eigenvalue weighted by molar-refractivity contribution is 0.0376. The molecule has 0 heterocycles. The Morgan fingerprint density at radius 1 is 0.889 bits per heavy atom. The molecule has 0 bridgehead atoms. The Morgan fingerprint density at radius 3 is 1.81 bits per heavy atom. The van der Waals surface area contributed by atoms with Crippen molar-refractivity contribution in [1.29, 1.82) is 0 Å². The van der Waals surface area contributed by atoms with Crippen molar-refractivity contribution in [1.82, 2.24) is 5.32 Å². The summed E-state index contributed by atoms with van der Waals surface area (Å²) >= 11 is 0. The molecule has 0 amide bonds. The maximum atomic E-state index is 12.2. The van der Waals surface area contributed by atoms with Gasteiger partial charge in [0.05, 0.1) is 6.04 Å². The number of hydrogen-bond donors (Lipinski definition) is 2. The zero-order valence-electron chi connectivity index (χ0n) is 16.0. The SMILES string of the molecule is C=CCN[C@H](c1cc(C)cc(C)c1)C(O)(c1ccccc1)c1ccccc1. The first kappa shape index (κ1) is 19.1. The summed E-state index contributed by atoms with van der Waals surface area (Å²) in [6.07, 6.45) is 1.83. The summed E-state index contributed by atoms with van der Waals surface area (Å²) in [5.74, 6) is 0. The highest BCUT2D eigenvalue weighted by Crippen LogP contribution is 2.41. The summed E-state index contributed by atoms with van der Waals surface area (Å²) in [6.45, 7) is 8.62. The number of nitrogens with one attached hydrogen (secondary N) is 1. The second-order valence-electron chi connectivity index (χ2n) is 7.05. The number of hydrogen-bond acceptors (Lipinski definition) is 2. The number of benzene rings is 3. The summed E-state index contributed by atoms with van der Waals surface area (Å²) < 4.78 is 0. The first-order valence-electron chi connectivity index (χ1n) is 9.31. The fraction of sp³-hybridized carbons (Fsp3) is 0.200. The molecule has 0 aromatic heterocycles. The third-order valence-electron chi connectivity index (χ3n) is 4.89. The minimum Gasteiger partial charge on any atom is -0.378 e. The molecule has 2 nitrogen and oxygen atoms in total. The Morgan fingerprint density at radius 2 is 1.37 bits per heavy atom. The van der Waals surface area contributed by atoms with E-state index in [4.69, 9.17) is 0 Å². The average Bonchev–Trinajstić information content (AvgIpc) is 2.68. The Bertz CT molecular complexity index is 827. The first-order chi connectivity index (χ1) is 13.1. The van der Waals surface area contributed by atoms with Crippen LogP contribution in [0.3, 0.4) is 0 Å². The van der Waals surface area contributed by atoms with Gasteiger partial charge in [-0.2, -0.15) is 0 Å². The van der Waals surface area contributed by atoms with Gasteiger partial charge in [-0.1, -0.05) is 96.1 Å². The van der Waals surface area contributed by atoms with E-state index in [1.807, 2.05) is 66.7 Å². The Balaban J connectivity index is 2.23. The maximum absolute atomic E-state index is 12.2. The average molecular weight is 357 g/mol. The summed E-state index contributed by atoms with van der Waals surface area (Å²) in [6, 6.07) is 25.9. The molecule has 0 saturated carbocycles. The molecule has 0 fully saturated rings. The van der Waals surface area contributed by atoms with Gasteiger partial charge in [-0.05, 0) is 30.5 Å². The van der Waals surface area contributed by atoms with Crippen molar-refractivity contribution >= 4 is 0 Å². The molecule has 0 spiro atoms. The lowest BCUT2D eigenvalue weighted by Crippen LogP contribution is -2.43. The third kappa shape index (κ3) is 4.02. The molecule has 2 N–H and O–H groups in total. The molecule has 0 aliphatic rings. The highest BCUT2D eigenvalue weighted by atomic mass is 16.3. The second-order valence-corrected chi connectivity index (χ2v) is 7.05. The summed E-state index contributed by atoms with van der Waals surface area (Å²) in [4.78, 5) is 0. The summed E-state index contributed by atoms with van der Waals surface area (Å²) in [7, 11) is 0. The molecule has 0 aliphatic heterocycles. The van der Waals surface area contributed by atoms with Crippen molar-refractivity contribution in [2.24, 2.45) is 0 Å². The smallest absolute Gasteiger partial charge is 0.134 e. The molecule has 27 heavy (non-hydrogen) atoms. The molecule has 2 heteroatoms. The van der Waals surface area contributed by atoms with Crippen LogP contribution < -0.4 is 5.32 Å². The number of aryl methyl sites for hydroxylation is 2. The van der Waals surface area contributed by atoms with Crippen LogP contribution in [-0.4, -0.2) is 11.7 Å². The molecule has 0 saturated heterocycles. The highest BCUT2D eigenvalue weighted by Gasteiger charge is 2.41. The normalized spacial score (nSPS) is 12.6. The van der Waals surface area contributed by atoms with E-state index in [1.165, 1.54) is 11.1 Å². The van der Waals surface area contributed by atoms with Crippen molar-refractivity contribution in [3.05, 3.63) is 119 Å². The maximum Gasteiger partial charge on any atom is 0.134 e.